The number of amides is 1. The molecule has 0 spiro atoms. The van der Waals surface area contributed by atoms with Crippen molar-refractivity contribution in [1.29, 1.82) is 0 Å². The van der Waals surface area contributed by atoms with E-state index in [-0.39, 0.29) is 17.7 Å². The summed E-state index contributed by atoms with van der Waals surface area (Å²) in [7, 11) is 0. The molecule has 3 aromatic carbocycles. The third-order valence-electron chi connectivity index (χ3n) is 5.49. The van der Waals surface area contributed by atoms with E-state index >= 15 is 0 Å². The fraction of sp³-hybridized carbons (Fsp3) is 0.0800. The first-order chi connectivity index (χ1) is 15.7. The molecule has 1 amide bonds. The number of hydrogen-bond donors (Lipinski definition) is 1. The molecule has 33 heavy (non-hydrogen) atoms. The number of halogens is 4. The number of benzene rings is 3. The van der Waals surface area contributed by atoms with Gasteiger partial charge in [0.05, 0.1) is 22.9 Å². The van der Waals surface area contributed by atoms with Gasteiger partial charge in [-0.1, -0.05) is 6.07 Å². The minimum atomic E-state index is -4.68. The zero-order valence-corrected chi connectivity index (χ0v) is 16.9. The molecule has 165 valence electrons. The molecule has 4 nitrogen and oxygen atoms in total. The van der Waals surface area contributed by atoms with Crippen molar-refractivity contribution in [2.45, 2.75) is 12.7 Å². The number of nitrogens with zero attached hydrogens (tertiary/aromatic N) is 1. The van der Waals surface area contributed by atoms with E-state index in [4.69, 9.17) is 10.2 Å². The van der Waals surface area contributed by atoms with Gasteiger partial charge in [0, 0.05) is 28.4 Å². The molecule has 2 aromatic heterocycles. The zero-order valence-electron chi connectivity index (χ0n) is 16.9. The second-order valence-corrected chi connectivity index (χ2v) is 7.62. The van der Waals surface area contributed by atoms with E-state index in [1.807, 2.05) is 0 Å². The highest BCUT2D eigenvalue weighted by Crippen LogP contribution is 2.36. The summed E-state index contributed by atoms with van der Waals surface area (Å²) >= 11 is 0. The number of carbonyl (C=O) groups excluding carboxylic acids is 1. The van der Waals surface area contributed by atoms with Crippen molar-refractivity contribution in [2.75, 3.05) is 0 Å². The monoisotopic (exact) mass is 451 g/mol. The van der Waals surface area contributed by atoms with E-state index in [0.717, 1.165) is 12.1 Å². The maximum atomic E-state index is 14.0. The van der Waals surface area contributed by atoms with E-state index in [2.05, 4.69) is 6.07 Å². The number of furan rings is 1. The summed E-state index contributed by atoms with van der Waals surface area (Å²) in [4.78, 5) is 12.1. The summed E-state index contributed by atoms with van der Waals surface area (Å²) < 4.78 is 60.9. The first-order valence-corrected chi connectivity index (χ1v) is 9.89. The number of nitrogens with two attached hydrogens (primary N) is 1. The number of fused-ring (bicyclic) bond motifs is 3. The van der Waals surface area contributed by atoms with Gasteiger partial charge < -0.3 is 14.7 Å². The first kappa shape index (κ1) is 20.8. The molecule has 2 N–H and O–H groups in total. The summed E-state index contributed by atoms with van der Waals surface area (Å²) in [6.45, 7) is -0.0709. The third kappa shape index (κ3) is 3.63. The molecular weight excluding hydrogens is 436 g/mol. The van der Waals surface area contributed by atoms with Gasteiger partial charge in [-0.05, 0) is 66.2 Å². The van der Waals surface area contributed by atoms with Crippen LogP contribution in [0.2, 0.25) is 0 Å². The van der Waals surface area contributed by atoms with Crippen molar-refractivity contribution in [1.82, 2.24) is 4.57 Å². The van der Waals surface area contributed by atoms with Crippen LogP contribution >= 0.6 is 0 Å². The molecule has 0 bridgehead atoms. The molecule has 5 rings (SSSR count). The van der Waals surface area contributed by atoms with E-state index in [1.54, 1.807) is 47.0 Å². The zero-order chi connectivity index (χ0) is 23.3. The summed E-state index contributed by atoms with van der Waals surface area (Å²) in [5, 5.41) is 1.10. The van der Waals surface area contributed by atoms with Crippen molar-refractivity contribution in [3.05, 3.63) is 95.5 Å². The lowest BCUT2D eigenvalue weighted by atomic mass is 10.0. The quantitative estimate of drug-likeness (QED) is 0.333. The SMILES string of the molecule is NC(=O)c1cccc2c1c1[c]cc(-c3ccco3)cc1n2Cc1cc(F)cc(C(F)(F)F)c1. The molecule has 5 aromatic rings. The molecule has 8 heteroatoms. The van der Waals surface area contributed by atoms with Crippen LogP contribution in [0, 0.1) is 11.9 Å². The number of alkyl halides is 3. The predicted molar refractivity (Wildman–Crippen MR) is 115 cm³/mol. The molecule has 0 saturated carbocycles. The number of hydrogen-bond acceptors (Lipinski definition) is 2. The van der Waals surface area contributed by atoms with Crippen LogP contribution in [0.3, 0.4) is 0 Å². The van der Waals surface area contributed by atoms with Crippen LogP contribution in [0.25, 0.3) is 33.1 Å². The van der Waals surface area contributed by atoms with Crippen LogP contribution in [-0.4, -0.2) is 10.5 Å². The average molecular weight is 451 g/mol. The number of primary amides is 1. The summed E-state index contributed by atoms with van der Waals surface area (Å²) in [6, 6.07) is 17.5. The van der Waals surface area contributed by atoms with Gasteiger partial charge in [0.2, 0.25) is 5.91 Å². The highest BCUT2D eigenvalue weighted by Gasteiger charge is 2.31. The molecule has 0 unspecified atom stereocenters. The fourth-order valence-corrected chi connectivity index (χ4v) is 4.10. The second kappa shape index (κ2) is 7.51. The van der Waals surface area contributed by atoms with Crippen LogP contribution in [0.1, 0.15) is 21.5 Å². The Hall–Kier alpha value is -4.07. The maximum Gasteiger partial charge on any atom is 0.416 e. The smallest absolute Gasteiger partial charge is 0.416 e. The molecule has 0 aliphatic carbocycles. The summed E-state index contributed by atoms with van der Waals surface area (Å²) in [5.41, 5.74) is 6.72. The van der Waals surface area contributed by atoms with E-state index in [9.17, 15) is 22.4 Å². The summed E-state index contributed by atoms with van der Waals surface area (Å²) in [5.74, 6) is -1.06. The van der Waals surface area contributed by atoms with Gasteiger partial charge in [-0.2, -0.15) is 13.2 Å². The highest BCUT2D eigenvalue weighted by molar-refractivity contribution is 6.18. The Morgan fingerprint density at radius 2 is 1.88 bits per heavy atom. The second-order valence-electron chi connectivity index (χ2n) is 7.62. The Kier molecular flexibility index (Phi) is 4.74. The molecule has 0 saturated heterocycles. The Morgan fingerprint density at radius 3 is 2.58 bits per heavy atom. The van der Waals surface area contributed by atoms with Crippen molar-refractivity contribution in [2.24, 2.45) is 5.73 Å². The number of rotatable bonds is 4. The van der Waals surface area contributed by atoms with Gasteiger partial charge in [0.1, 0.15) is 11.6 Å². The maximum absolute atomic E-state index is 14.0. The Balaban J connectivity index is 1.78. The molecule has 2 heterocycles. The predicted octanol–water partition coefficient (Wildman–Crippen LogP) is 6.16. The van der Waals surface area contributed by atoms with Gasteiger partial charge in [0.25, 0.3) is 0 Å². The average Bonchev–Trinajstić information content (AvgIpc) is 3.40. The number of aromatic nitrogens is 1. The standard InChI is InChI=1S/C25H15F4N2O2/c26-17-10-14(9-16(12-17)25(27,28)29)13-31-20-4-1-3-19(24(30)32)23(20)18-7-6-15(11-21(18)31)22-5-2-8-33-22/h1-6,8-12H,13H2,(H2,30,32). The highest BCUT2D eigenvalue weighted by atomic mass is 19.4. The minimum Gasteiger partial charge on any atom is -0.464 e. The normalized spacial score (nSPS) is 12.0. The lowest BCUT2D eigenvalue weighted by Crippen LogP contribution is -2.11. The van der Waals surface area contributed by atoms with Crippen LogP contribution in [0.4, 0.5) is 17.6 Å². The van der Waals surface area contributed by atoms with Gasteiger partial charge in [-0.3, -0.25) is 4.79 Å². The fourth-order valence-electron chi connectivity index (χ4n) is 4.10. The van der Waals surface area contributed by atoms with Gasteiger partial charge >= 0.3 is 6.18 Å². The Labute approximate surface area is 184 Å². The molecule has 0 fully saturated rings. The molecule has 0 aliphatic heterocycles. The lowest BCUT2D eigenvalue weighted by Gasteiger charge is -2.12. The van der Waals surface area contributed by atoms with Crippen LogP contribution < -0.4 is 5.73 Å². The topological polar surface area (TPSA) is 61.2 Å². The Bertz CT molecular complexity index is 1520. The molecule has 0 aliphatic rings. The van der Waals surface area contributed by atoms with E-state index < -0.39 is 23.5 Å². The molecule has 1 radical (unpaired) electrons. The van der Waals surface area contributed by atoms with E-state index in [1.165, 1.54) is 6.26 Å². The van der Waals surface area contributed by atoms with Gasteiger partial charge in [0.15, 0.2) is 0 Å². The van der Waals surface area contributed by atoms with Crippen molar-refractivity contribution >= 4 is 27.7 Å². The van der Waals surface area contributed by atoms with Crippen molar-refractivity contribution in [3.63, 3.8) is 0 Å². The van der Waals surface area contributed by atoms with Crippen LogP contribution in [0.15, 0.2) is 71.3 Å². The van der Waals surface area contributed by atoms with Crippen LogP contribution in [-0.2, 0) is 12.7 Å². The minimum absolute atomic E-state index is 0.0709. The van der Waals surface area contributed by atoms with Crippen molar-refractivity contribution < 1.29 is 26.8 Å². The van der Waals surface area contributed by atoms with Gasteiger partial charge in [-0.15, -0.1) is 0 Å². The van der Waals surface area contributed by atoms with Gasteiger partial charge in [-0.25, -0.2) is 4.39 Å². The largest absolute Gasteiger partial charge is 0.464 e. The van der Waals surface area contributed by atoms with Crippen LogP contribution in [0.5, 0.6) is 0 Å². The molecule has 0 atom stereocenters. The Morgan fingerprint density at radius 1 is 1.06 bits per heavy atom. The van der Waals surface area contributed by atoms with Crippen molar-refractivity contribution in [3.8, 4) is 11.3 Å². The summed E-state index contributed by atoms with van der Waals surface area (Å²) in [6.07, 6.45) is -3.16. The van der Waals surface area contributed by atoms with E-state index in [0.29, 0.717) is 39.2 Å². The lowest BCUT2D eigenvalue weighted by molar-refractivity contribution is -0.137. The number of carbonyl (C=O) groups is 1. The third-order valence-corrected chi connectivity index (χ3v) is 5.49. The first-order valence-electron chi connectivity index (χ1n) is 9.89. The molecular formula is C25H15F4N2O2.